The average molecular weight is 323 g/mol. The fourth-order valence-electron chi connectivity index (χ4n) is 2.77. The lowest BCUT2D eigenvalue weighted by atomic mass is 10.3. The summed E-state index contributed by atoms with van der Waals surface area (Å²) >= 11 is 0. The van der Waals surface area contributed by atoms with E-state index in [1.807, 2.05) is 59.2 Å². The Bertz CT molecular complexity index is 881. The molecular formula is C19H21N3O2. The van der Waals surface area contributed by atoms with Gasteiger partial charge in [-0.05, 0) is 24.3 Å². The monoisotopic (exact) mass is 323 g/mol. The number of hydrogen-bond acceptors (Lipinski definition) is 3. The maximum Gasteiger partial charge on any atom is 0.203 e. The average Bonchev–Trinajstić information content (AvgIpc) is 2.87. The third kappa shape index (κ3) is 3.26. The summed E-state index contributed by atoms with van der Waals surface area (Å²) in [5, 5.41) is 18.7. The fourth-order valence-corrected chi connectivity index (χ4v) is 2.77. The number of benzene rings is 2. The minimum Gasteiger partial charge on any atom is -0.491 e. The highest BCUT2D eigenvalue weighted by Gasteiger charge is 2.13. The van der Waals surface area contributed by atoms with Crippen LogP contribution in [0.1, 0.15) is 0 Å². The summed E-state index contributed by atoms with van der Waals surface area (Å²) in [4.78, 5) is 0. The van der Waals surface area contributed by atoms with Crippen molar-refractivity contribution in [2.45, 2.75) is 19.2 Å². The maximum atomic E-state index is 10.3. The molecule has 0 aliphatic heterocycles. The van der Waals surface area contributed by atoms with Crippen LogP contribution >= 0.6 is 0 Å². The number of para-hydroxylation sites is 3. The first-order valence-corrected chi connectivity index (χ1v) is 7.90. The van der Waals surface area contributed by atoms with E-state index in [0.717, 1.165) is 16.8 Å². The molecule has 3 rings (SSSR count). The van der Waals surface area contributed by atoms with Gasteiger partial charge in [0, 0.05) is 6.54 Å². The van der Waals surface area contributed by atoms with Crippen molar-refractivity contribution < 1.29 is 9.84 Å². The lowest BCUT2D eigenvalue weighted by molar-refractivity contribution is 0.0921. The van der Waals surface area contributed by atoms with E-state index in [1.54, 1.807) is 10.6 Å². The van der Waals surface area contributed by atoms with Gasteiger partial charge in [0.2, 0.25) is 5.62 Å². The Labute approximate surface area is 140 Å². The second-order valence-corrected chi connectivity index (χ2v) is 5.60. The molecule has 1 unspecified atom stereocenters. The Morgan fingerprint density at radius 2 is 1.67 bits per heavy atom. The zero-order valence-corrected chi connectivity index (χ0v) is 13.4. The fraction of sp³-hybridized carbons (Fsp3) is 0.211. The van der Waals surface area contributed by atoms with Crippen molar-refractivity contribution in [3.05, 3.63) is 72.9 Å². The smallest absolute Gasteiger partial charge is 0.203 e. The van der Waals surface area contributed by atoms with Gasteiger partial charge in [0.1, 0.15) is 18.5 Å². The van der Waals surface area contributed by atoms with Gasteiger partial charge in [0.25, 0.3) is 0 Å². The van der Waals surface area contributed by atoms with E-state index in [1.165, 1.54) is 0 Å². The van der Waals surface area contributed by atoms with Crippen LogP contribution in [0.3, 0.4) is 0 Å². The van der Waals surface area contributed by atoms with Crippen LogP contribution in [0.15, 0.2) is 67.3 Å². The summed E-state index contributed by atoms with van der Waals surface area (Å²) in [5.41, 5.74) is 2.22. The van der Waals surface area contributed by atoms with E-state index in [0.29, 0.717) is 18.7 Å². The second-order valence-electron chi connectivity index (χ2n) is 5.60. The van der Waals surface area contributed by atoms with Crippen LogP contribution in [0.5, 0.6) is 5.75 Å². The van der Waals surface area contributed by atoms with Crippen molar-refractivity contribution in [1.29, 1.82) is 5.41 Å². The third-order valence-corrected chi connectivity index (χ3v) is 3.87. The Hall–Kier alpha value is -2.79. The van der Waals surface area contributed by atoms with Crippen LogP contribution in [-0.2, 0) is 13.1 Å². The van der Waals surface area contributed by atoms with Crippen LogP contribution < -0.4 is 10.4 Å². The molecule has 0 amide bonds. The van der Waals surface area contributed by atoms with Crippen LogP contribution in [0.25, 0.3) is 11.0 Å². The molecule has 0 saturated carbocycles. The second kappa shape index (κ2) is 7.19. The molecule has 2 aromatic carbocycles. The maximum absolute atomic E-state index is 10.3. The van der Waals surface area contributed by atoms with Crippen molar-refractivity contribution in [2.75, 3.05) is 6.61 Å². The standard InChI is InChI=1S/C19H21N3O2/c1-2-12-21-17-10-6-7-11-18(17)22(19(21)20)13-15(23)14-24-16-8-4-3-5-9-16/h2-11,15,20,23H,1,12-14H2. The van der Waals surface area contributed by atoms with Gasteiger partial charge in [-0.1, -0.05) is 36.4 Å². The predicted octanol–water partition coefficient (Wildman–Crippen LogP) is 2.55. The lowest BCUT2D eigenvalue weighted by Crippen LogP contribution is -2.31. The first kappa shape index (κ1) is 16.1. The quantitative estimate of drug-likeness (QED) is 0.656. The first-order valence-electron chi connectivity index (χ1n) is 7.90. The number of imidazole rings is 1. The minimum atomic E-state index is -0.706. The Morgan fingerprint density at radius 3 is 2.33 bits per heavy atom. The zero-order chi connectivity index (χ0) is 16.9. The van der Waals surface area contributed by atoms with Crippen LogP contribution in [0.4, 0.5) is 0 Å². The molecule has 5 nitrogen and oxygen atoms in total. The third-order valence-electron chi connectivity index (χ3n) is 3.87. The summed E-state index contributed by atoms with van der Waals surface area (Å²) < 4.78 is 9.27. The van der Waals surface area contributed by atoms with Gasteiger partial charge in [-0.3, -0.25) is 5.41 Å². The zero-order valence-electron chi connectivity index (χ0n) is 13.4. The molecule has 24 heavy (non-hydrogen) atoms. The van der Waals surface area contributed by atoms with Crippen molar-refractivity contribution in [2.24, 2.45) is 0 Å². The van der Waals surface area contributed by atoms with E-state index in [9.17, 15) is 5.11 Å². The largest absolute Gasteiger partial charge is 0.491 e. The predicted molar refractivity (Wildman–Crippen MR) is 93.9 cm³/mol. The van der Waals surface area contributed by atoms with Gasteiger partial charge in [0.05, 0.1) is 17.6 Å². The molecule has 0 spiro atoms. The van der Waals surface area contributed by atoms with Crippen LogP contribution in [0.2, 0.25) is 0 Å². The summed E-state index contributed by atoms with van der Waals surface area (Å²) in [6.07, 6.45) is 1.06. The Morgan fingerprint density at radius 1 is 1.04 bits per heavy atom. The number of nitrogens with one attached hydrogen (secondary N) is 1. The number of ether oxygens (including phenoxy) is 1. The van der Waals surface area contributed by atoms with Gasteiger partial charge in [-0.2, -0.15) is 0 Å². The number of allylic oxidation sites excluding steroid dienone is 1. The summed E-state index contributed by atoms with van der Waals surface area (Å²) in [6, 6.07) is 17.2. The number of rotatable bonds is 7. The number of aliphatic hydroxyl groups excluding tert-OH is 1. The molecule has 0 bridgehead atoms. The SMILES string of the molecule is C=CCn1c(=N)n(CC(O)COc2ccccc2)c2ccccc21. The van der Waals surface area contributed by atoms with Crippen molar-refractivity contribution in [3.8, 4) is 5.75 Å². The van der Waals surface area contributed by atoms with Crippen molar-refractivity contribution >= 4 is 11.0 Å². The molecule has 0 aliphatic rings. The van der Waals surface area contributed by atoms with Gasteiger partial charge in [-0.25, -0.2) is 0 Å². The van der Waals surface area contributed by atoms with E-state index in [2.05, 4.69) is 6.58 Å². The van der Waals surface area contributed by atoms with E-state index >= 15 is 0 Å². The molecule has 0 fully saturated rings. The normalized spacial score (nSPS) is 12.2. The highest BCUT2D eigenvalue weighted by atomic mass is 16.5. The molecule has 1 aromatic heterocycles. The number of hydrogen-bond donors (Lipinski definition) is 2. The molecular weight excluding hydrogens is 302 g/mol. The molecule has 0 radical (unpaired) electrons. The summed E-state index contributed by atoms with van der Waals surface area (Å²) in [6.45, 7) is 4.79. The summed E-state index contributed by atoms with van der Waals surface area (Å²) in [5.74, 6) is 0.724. The van der Waals surface area contributed by atoms with Gasteiger partial charge >= 0.3 is 0 Å². The van der Waals surface area contributed by atoms with Crippen LogP contribution in [-0.4, -0.2) is 27.0 Å². The number of fused-ring (bicyclic) bond motifs is 1. The van der Waals surface area contributed by atoms with Gasteiger partial charge in [-0.15, -0.1) is 6.58 Å². The minimum absolute atomic E-state index is 0.178. The summed E-state index contributed by atoms with van der Waals surface area (Å²) in [7, 11) is 0. The molecule has 0 saturated heterocycles. The Balaban J connectivity index is 1.80. The first-order chi connectivity index (χ1) is 11.7. The molecule has 3 aromatic rings. The van der Waals surface area contributed by atoms with E-state index < -0.39 is 6.10 Å². The highest BCUT2D eigenvalue weighted by Crippen LogP contribution is 2.14. The highest BCUT2D eigenvalue weighted by molar-refractivity contribution is 5.75. The van der Waals surface area contributed by atoms with E-state index in [-0.39, 0.29) is 6.61 Å². The van der Waals surface area contributed by atoms with Crippen molar-refractivity contribution in [1.82, 2.24) is 9.13 Å². The van der Waals surface area contributed by atoms with E-state index in [4.69, 9.17) is 10.1 Å². The number of aliphatic hydroxyl groups is 1. The molecule has 2 N–H and O–H groups in total. The van der Waals surface area contributed by atoms with Crippen molar-refractivity contribution in [3.63, 3.8) is 0 Å². The number of aromatic nitrogens is 2. The Kier molecular flexibility index (Phi) is 4.82. The molecule has 0 aliphatic carbocycles. The van der Waals surface area contributed by atoms with Gasteiger partial charge < -0.3 is 19.0 Å². The molecule has 1 atom stereocenters. The molecule has 124 valence electrons. The lowest BCUT2D eigenvalue weighted by Gasteiger charge is -2.13. The molecule has 5 heteroatoms. The topological polar surface area (TPSA) is 63.2 Å². The van der Waals surface area contributed by atoms with Gasteiger partial charge in [0.15, 0.2) is 0 Å². The molecule has 1 heterocycles. The number of nitrogens with zero attached hydrogens (tertiary/aromatic N) is 2. The van der Waals surface area contributed by atoms with Crippen LogP contribution in [0, 0.1) is 5.41 Å².